The van der Waals surface area contributed by atoms with E-state index in [1.807, 2.05) is 13.0 Å². The summed E-state index contributed by atoms with van der Waals surface area (Å²) in [5.74, 6) is -0.275. The van der Waals surface area contributed by atoms with Crippen LogP contribution in [0.5, 0.6) is 0 Å². The molecule has 0 aromatic heterocycles. The molecular weight excluding hydrogens is 207 g/mol. The van der Waals surface area contributed by atoms with E-state index >= 15 is 0 Å². The van der Waals surface area contributed by atoms with Crippen LogP contribution >= 0.6 is 0 Å². The summed E-state index contributed by atoms with van der Waals surface area (Å²) < 4.78 is 13.2. The fourth-order valence-corrected chi connectivity index (χ4v) is 2.08. The van der Waals surface area contributed by atoms with Gasteiger partial charge >= 0.3 is 0 Å². The lowest BCUT2D eigenvalue weighted by molar-refractivity contribution is -0.118. The van der Waals surface area contributed by atoms with Crippen molar-refractivity contribution in [3.8, 4) is 0 Å². The van der Waals surface area contributed by atoms with Crippen LogP contribution in [0, 0.1) is 12.7 Å². The molecule has 2 rings (SSSR count). The summed E-state index contributed by atoms with van der Waals surface area (Å²) in [6, 6.07) is 4.56. The highest BCUT2D eigenvalue weighted by Gasteiger charge is 2.31. The van der Waals surface area contributed by atoms with Gasteiger partial charge < -0.3 is 10.2 Å². The zero-order chi connectivity index (χ0) is 11.7. The van der Waals surface area contributed by atoms with Crippen molar-refractivity contribution in [3.05, 3.63) is 29.6 Å². The first-order valence-corrected chi connectivity index (χ1v) is 5.37. The predicted molar refractivity (Wildman–Crippen MR) is 61.0 cm³/mol. The standard InChI is InChI=1S/C12H15FN2O/c1-8-5-9(13)7-10(6-8)15-4-3-11(14-2)12(15)16/h5-7,11,14H,3-4H2,1-2H3. The van der Waals surface area contributed by atoms with Crippen LogP contribution in [0.3, 0.4) is 0 Å². The van der Waals surface area contributed by atoms with Crippen molar-refractivity contribution in [2.45, 2.75) is 19.4 Å². The van der Waals surface area contributed by atoms with E-state index in [0.717, 1.165) is 12.0 Å². The number of aryl methyl sites for hydroxylation is 1. The number of likely N-dealkylation sites (N-methyl/N-ethyl adjacent to an activating group) is 1. The van der Waals surface area contributed by atoms with Crippen LogP contribution < -0.4 is 10.2 Å². The van der Waals surface area contributed by atoms with Crippen LogP contribution in [0.25, 0.3) is 0 Å². The molecule has 0 bridgehead atoms. The zero-order valence-electron chi connectivity index (χ0n) is 9.46. The molecule has 0 aliphatic carbocycles. The van der Waals surface area contributed by atoms with E-state index in [4.69, 9.17) is 0 Å². The van der Waals surface area contributed by atoms with Gasteiger partial charge in [-0.25, -0.2) is 4.39 Å². The molecule has 0 spiro atoms. The Morgan fingerprint density at radius 1 is 1.44 bits per heavy atom. The monoisotopic (exact) mass is 222 g/mol. The number of hydrogen-bond donors (Lipinski definition) is 1. The van der Waals surface area contributed by atoms with Gasteiger partial charge in [-0.2, -0.15) is 0 Å². The molecule has 1 fully saturated rings. The van der Waals surface area contributed by atoms with Crippen molar-refractivity contribution in [2.75, 3.05) is 18.5 Å². The molecule has 1 atom stereocenters. The number of carbonyl (C=O) groups is 1. The minimum Gasteiger partial charge on any atom is -0.311 e. The minimum atomic E-state index is -0.296. The molecule has 1 aromatic rings. The topological polar surface area (TPSA) is 32.3 Å². The molecule has 4 heteroatoms. The minimum absolute atomic E-state index is 0.0208. The Balaban J connectivity index is 2.28. The Morgan fingerprint density at radius 3 is 2.75 bits per heavy atom. The summed E-state index contributed by atoms with van der Waals surface area (Å²) in [6.07, 6.45) is 0.769. The molecule has 1 aromatic carbocycles. The second-order valence-electron chi connectivity index (χ2n) is 4.11. The Morgan fingerprint density at radius 2 is 2.19 bits per heavy atom. The quantitative estimate of drug-likeness (QED) is 0.821. The summed E-state index contributed by atoms with van der Waals surface area (Å²) >= 11 is 0. The van der Waals surface area contributed by atoms with Gasteiger partial charge in [-0.1, -0.05) is 0 Å². The highest BCUT2D eigenvalue weighted by Crippen LogP contribution is 2.23. The van der Waals surface area contributed by atoms with Crippen molar-refractivity contribution in [3.63, 3.8) is 0 Å². The van der Waals surface area contributed by atoms with E-state index in [1.54, 1.807) is 11.9 Å². The van der Waals surface area contributed by atoms with Gasteiger partial charge in [0.1, 0.15) is 5.82 Å². The third-order valence-corrected chi connectivity index (χ3v) is 2.89. The summed E-state index contributed by atoms with van der Waals surface area (Å²) in [6.45, 7) is 2.47. The van der Waals surface area contributed by atoms with Crippen molar-refractivity contribution in [1.29, 1.82) is 0 Å². The summed E-state index contributed by atoms with van der Waals surface area (Å²) in [7, 11) is 1.77. The van der Waals surface area contributed by atoms with Crippen molar-refractivity contribution >= 4 is 11.6 Å². The number of nitrogens with zero attached hydrogens (tertiary/aromatic N) is 1. The highest BCUT2D eigenvalue weighted by atomic mass is 19.1. The fraction of sp³-hybridized carbons (Fsp3) is 0.417. The van der Waals surface area contributed by atoms with Gasteiger partial charge in [-0.05, 0) is 44.2 Å². The third kappa shape index (κ3) is 1.93. The Bertz CT molecular complexity index is 399. The number of benzene rings is 1. The first kappa shape index (κ1) is 11.1. The molecule has 0 radical (unpaired) electrons. The maximum absolute atomic E-state index is 13.2. The maximum atomic E-state index is 13.2. The van der Waals surface area contributed by atoms with E-state index in [0.29, 0.717) is 12.2 Å². The molecule has 1 N–H and O–H groups in total. The number of halogens is 1. The smallest absolute Gasteiger partial charge is 0.244 e. The van der Waals surface area contributed by atoms with Gasteiger partial charge in [0.05, 0.1) is 6.04 Å². The van der Waals surface area contributed by atoms with E-state index < -0.39 is 0 Å². The van der Waals surface area contributed by atoms with Crippen LogP contribution in [-0.2, 0) is 4.79 Å². The first-order valence-electron chi connectivity index (χ1n) is 5.37. The van der Waals surface area contributed by atoms with Crippen molar-refractivity contribution in [2.24, 2.45) is 0 Å². The van der Waals surface area contributed by atoms with Crippen LogP contribution in [0.15, 0.2) is 18.2 Å². The average molecular weight is 222 g/mol. The lowest BCUT2D eigenvalue weighted by Gasteiger charge is -2.17. The molecule has 1 heterocycles. The van der Waals surface area contributed by atoms with Crippen LogP contribution in [0.2, 0.25) is 0 Å². The molecule has 3 nitrogen and oxygen atoms in total. The van der Waals surface area contributed by atoms with E-state index in [2.05, 4.69) is 5.32 Å². The van der Waals surface area contributed by atoms with Crippen LogP contribution in [0.4, 0.5) is 10.1 Å². The molecule has 16 heavy (non-hydrogen) atoms. The van der Waals surface area contributed by atoms with Gasteiger partial charge in [-0.15, -0.1) is 0 Å². The Labute approximate surface area is 94.3 Å². The van der Waals surface area contributed by atoms with Crippen molar-refractivity contribution < 1.29 is 9.18 Å². The van der Waals surface area contributed by atoms with Gasteiger partial charge in [0.15, 0.2) is 0 Å². The molecule has 1 unspecified atom stereocenters. The van der Waals surface area contributed by atoms with Crippen LogP contribution in [0.1, 0.15) is 12.0 Å². The number of amides is 1. The summed E-state index contributed by atoms with van der Waals surface area (Å²) in [4.78, 5) is 13.5. The normalized spacial score (nSPS) is 20.6. The Hall–Kier alpha value is -1.42. The lowest BCUT2D eigenvalue weighted by atomic mass is 10.2. The summed E-state index contributed by atoms with van der Waals surface area (Å²) in [5, 5.41) is 2.96. The molecule has 1 amide bonds. The first-order chi connectivity index (χ1) is 7.61. The molecule has 86 valence electrons. The molecule has 1 aliphatic heterocycles. The average Bonchev–Trinajstić information content (AvgIpc) is 2.58. The van der Waals surface area contributed by atoms with Gasteiger partial charge in [-0.3, -0.25) is 4.79 Å². The van der Waals surface area contributed by atoms with E-state index in [9.17, 15) is 9.18 Å². The number of nitrogens with one attached hydrogen (secondary N) is 1. The Kier molecular flexibility index (Phi) is 2.92. The van der Waals surface area contributed by atoms with E-state index in [1.165, 1.54) is 12.1 Å². The van der Waals surface area contributed by atoms with Crippen molar-refractivity contribution in [1.82, 2.24) is 5.32 Å². The van der Waals surface area contributed by atoms with Crippen LogP contribution in [-0.4, -0.2) is 25.5 Å². The largest absolute Gasteiger partial charge is 0.311 e. The van der Waals surface area contributed by atoms with Gasteiger partial charge in [0.25, 0.3) is 0 Å². The molecule has 1 saturated heterocycles. The second-order valence-corrected chi connectivity index (χ2v) is 4.11. The molecule has 1 aliphatic rings. The maximum Gasteiger partial charge on any atom is 0.244 e. The van der Waals surface area contributed by atoms with Gasteiger partial charge in [0.2, 0.25) is 5.91 Å². The fourth-order valence-electron chi connectivity index (χ4n) is 2.08. The lowest BCUT2D eigenvalue weighted by Crippen LogP contribution is -2.36. The number of carbonyl (C=O) groups excluding carboxylic acids is 1. The second kappa shape index (κ2) is 4.22. The molecular formula is C12H15FN2O. The highest BCUT2D eigenvalue weighted by molar-refractivity contribution is 5.99. The SMILES string of the molecule is CNC1CCN(c2cc(C)cc(F)c2)C1=O. The van der Waals surface area contributed by atoms with Gasteiger partial charge in [0, 0.05) is 12.2 Å². The van der Waals surface area contributed by atoms with E-state index in [-0.39, 0.29) is 17.8 Å². The number of hydrogen-bond acceptors (Lipinski definition) is 2. The predicted octanol–water partition coefficient (Wildman–Crippen LogP) is 1.46. The number of rotatable bonds is 2. The molecule has 0 saturated carbocycles. The number of anilines is 1. The zero-order valence-corrected chi connectivity index (χ0v) is 9.46. The third-order valence-electron chi connectivity index (χ3n) is 2.89. The summed E-state index contributed by atoms with van der Waals surface area (Å²) in [5.41, 5.74) is 1.48.